The van der Waals surface area contributed by atoms with Gasteiger partial charge in [0.2, 0.25) is 0 Å². The van der Waals surface area contributed by atoms with Crippen LogP contribution in [-0.2, 0) is 0 Å². The van der Waals surface area contributed by atoms with E-state index in [0.29, 0.717) is 0 Å². The predicted molar refractivity (Wildman–Crippen MR) is 58.1 cm³/mol. The van der Waals surface area contributed by atoms with Crippen molar-refractivity contribution in [3.05, 3.63) is 33.4 Å². The molecule has 1 aromatic carbocycles. The van der Waals surface area contributed by atoms with Crippen molar-refractivity contribution in [1.82, 2.24) is 0 Å². The van der Waals surface area contributed by atoms with E-state index in [2.05, 4.69) is 0 Å². The number of benzene rings is 1. The van der Waals surface area contributed by atoms with Crippen molar-refractivity contribution in [1.29, 1.82) is 5.26 Å². The number of aliphatic hydroxyl groups excluding tert-OH is 1. The number of nitrogens with two attached hydrogens (primary N) is 1. The van der Waals surface area contributed by atoms with E-state index in [1.165, 1.54) is 6.07 Å². The molecule has 90 valence electrons. The van der Waals surface area contributed by atoms with Crippen LogP contribution in [0.5, 0.6) is 5.75 Å². The van der Waals surface area contributed by atoms with E-state index < -0.39 is 22.4 Å². The number of phenolic OH excluding ortho intramolecular Hbond substituents is 1. The molecule has 0 aliphatic carbocycles. The molecule has 4 N–H and O–H groups in total. The van der Waals surface area contributed by atoms with Gasteiger partial charge in [-0.05, 0) is 12.5 Å². The highest BCUT2D eigenvalue weighted by molar-refractivity contribution is 5.56. The molecular weight excluding hydrogens is 226 g/mol. The molecule has 0 amide bonds. The molecule has 0 bridgehead atoms. The molecule has 0 aliphatic heterocycles. The summed E-state index contributed by atoms with van der Waals surface area (Å²) >= 11 is 0. The van der Waals surface area contributed by atoms with Gasteiger partial charge in [-0.1, -0.05) is 0 Å². The van der Waals surface area contributed by atoms with Crippen LogP contribution in [0.1, 0.15) is 23.6 Å². The largest absolute Gasteiger partial charge is 0.502 e. The Morgan fingerprint density at radius 2 is 2.24 bits per heavy atom. The Morgan fingerprint density at radius 1 is 1.59 bits per heavy atom. The maximum Gasteiger partial charge on any atom is 0.312 e. The van der Waals surface area contributed by atoms with Gasteiger partial charge in [0.15, 0.2) is 5.75 Å². The summed E-state index contributed by atoms with van der Waals surface area (Å²) in [4.78, 5) is 9.88. The monoisotopic (exact) mass is 237 g/mol. The summed E-state index contributed by atoms with van der Waals surface area (Å²) in [5.74, 6) is -0.560. The third-order valence-electron chi connectivity index (χ3n) is 2.28. The van der Waals surface area contributed by atoms with Crippen LogP contribution in [0.25, 0.3) is 0 Å². The number of hydrogen-bond acceptors (Lipinski definition) is 6. The zero-order valence-corrected chi connectivity index (χ0v) is 8.83. The lowest BCUT2D eigenvalue weighted by Crippen LogP contribution is -2.13. The Balaban J connectivity index is 3.34. The van der Waals surface area contributed by atoms with Crippen LogP contribution in [0.15, 0.2) is 12.1 Å². The second-order valence-corrected chi connectivity index (χ2v) is 3.42. The lowest BCUT2D eigenvalue weighted by atomic mass is 10.0. The third-order valence-corrected chi connectivity index (χ3v) is 2.28. The van der Waals surface area contributed by atoms with Crippen LogP contribution >= 0.6 is 0 Å². The molecule has 0 spiro atoms. The summed E-state index contributed by atoms with van der Waals surface area (Å²) in [6.45, 7) is -0.217. The van der Waals surface area contributed by atoms with Crippen molar-refractivity contribution in [3.63, 3.8) is 0 Å². The van der Waals surface area contributed by atoms with Gasteiger partial charge in [-0.2, -0.15) is 5.26 Å². The van der Waals surface area contributed by atoms with Gasteiger partial charge in [-0.3, -0.25) is 10.1 Å². The minimum atomic E-state index is -0.786. The van der Waals surface area contributed by atoms with Crippen LogP contribution in [0.4, 0.5) is 5.69 Å². The van der Waals surface area contributed by atoms with E-state index >= 15 is 0 Å². The molecular formula is C10H11N3O4. The second kappa shape index (κ2) is 5.25. The van der Waals surface area contributed by atoms with E-state index in [0.717, 1.165) is 6.07 Å². The first-order valence-corrected chi connectivity index (χ1v) is 4.79. The average molecular weight is 237 g/mol. The summed E-state index contributed by atoms with van der Waals surface area (Å²) in [5.41, 5.74) is 5.21. The first-order valence-electron chi connectivity index (χ1n) is 4.79. The maximum absolute atomic E-state index is 10.7. The highest BCUT2D eigenvalue weighted by Gasteiger charge is 2.22. The fraction of sp³-hybridized carbons (Fsp3) is 0.300. The summed E-state index contributed by atoms with van der Waals surface area (Å²) in [7, 11) is 0. The number of nitrogens with zero attached hydrogens (tertiary/aromatic N) is 2. The summed E-state index contributed by atoms with van der Waals surface area (Å²) in [6, 6.07) is 3.25. The Labute approximate surface area is 96.9 Å². The normalized spacial score (nSPS) is 11.8. The van der Waals surface area contributed by atoms with E-state index in [9.17, 15) is 15.2 Å². The first-order chi connectivity index (χ1) is 8.01. The molecule has 1 rings (SSSR count). The van der Waals surface area contributed by atoms with Crippen LogP contribution in [0, 0.1) is 21.4 Å². The SMILES string of the molecule is N#Cc1cc([C@@H](N)CCO)c(O)c([N+](=O)[O-])c1. The van der Waals surface area contributed by atoms with Crippen molar-refractivity contribution in [2.75, 3.05) is 6.61 Å². The molecule has 0 unspecified atom stereocenters. The fourth-order valence-corrected chi connectivity index (χ4v) is 1.42. The molecule has 1 aromatic rings. The predicted octanol–water partition coefficient (Wildman–Crippen LogP) is 0.554. The van der Waals surface area contributed by atoms with Gasteiger partial charge >= 0.3 is 5.69 Å². The maximum atomic E-state index is 10.7. The van der Waals surface area contributed by atoms with Crippen LogP contribution in [-0.4, -0.2) is 21.7 Å². The number of aromatic hydroxyl groups is 1. The fourth-order valence-electron chi connectivity index (χ4n) is 1.42. The topological polar surface area (TPSA) is 133 Å². The standard InChI is InChI=1S/C10H11N3O4/c11-5-6-3-7(8(12)1-2-14)10(15)9(4-6)13(16)17/h3-4,8,14-15H,1-2,12H2/t8-/m0/s1. The van der Waals surface area contributed by atoms with E-state index in [-0.39, 0.29) is 24.2 Å². The third kappa shape index (κ3) is 2.69. The van der Waals surface area contributed by atoms with Crippen LogP contribution in [0.3, 0.4) is 0 Å². The number of aliphatic hydroxyl groups is 1. The van der Waals surface area contributed by atoms with Crippen molar-refractivity contribution < 1.29 is 15.1 Å². The minimum Gasteiger partial charge on any atom is -0.502 e. The number of rotatable bonds is 4. The quantitative estimate of drug-likeness (QED) is 0.517. The molecule has 0 aromatic heterocycles. The molecule has 0 aliphatic rings. The van der Waals surface area contributed by atoms with Crippen LogP contribution < -0.4 is 5.73 Å². The molecule has 0 saturated heterocycles. The highest BCUT2D eigenvalue weighted by atomic mass is 16.6. The zero-order chi connectivity index (χ0) is 13.0. The molecule has 1 atom stereocenters. The summed E-state index contributed by atoms with van der Waals surface area (Å²) in [5, 5.41) is 37.8. The smallest absolute Gasteiger partial charge is 0.312 e. The van der Waals surface area contributed by atoms with E-state index in [1.807, 2.05) is 0 Å². The van der Waals surface area contributed by atoms with E-state index in [4.69, 9.17) is 16.1 Å². The van der Waals surface area contributed by atoms with Gasteiger partial charge < -0.3 is 15.9 Å². The van der Waals surface area contributed by atoms with Crippen LogP contribution in [0.2, 0.25) is 0 Å². The molecule has 7 heteroatoms. The summed E-state index contributed by atoms with van der Waals surface area (Å²) < 4.78 is 0. The van der Waals surface area contributed by atoms with Crippen molar-refractivity contribution in [2.45, 2.75) is 12.5 Å². The zero-order valence-electron chi connectivity index (χ0n) is 8.83. The molecule has 0 fully saturated rings. The lowest BCUT2D eigenvalue weighted by molar-refractivity contribution is -0.386. The Kier molecular flexibility index (Phi) is 3.98. The van der Waals surface area contributed by atoms with Gasteiger partial charge in [0.25, 0.3) is 0 Å². The van der Waals surface area contributed by atoms with Crippen molar-refractivity contribution in [2.24, 2.45) is 5.73 Å². The number of nitro groups is 1. The van der Waals surface area contributed by atoms with E-state index in [1.54, 1.807) is 6.07 Å². The number of phenols is 1. The van der Waals surface area contributed by atoms with Crippen molar-refractivity contribution >= 4 is 5.69 Å². The number of hydrogen-bond donors (Lipinski definition) is 3. The van der Waals surface area contributed by atoms with Gasteiger partial charge in [-0.15, -0.1) is 0 Å². The number of nitriles is 1. The van der Waals surface area contributed by atoms with Gasteiger partial charge in [0.05, 0.1) is 16.6 Å². The molecule has 17 heavy (non-hydrogen) atoms. The number of nitro benzene ring substituents is 1. The Bertz CT molecular complexity index is 481. The first kappa shape index (κ1) is 12.9. The van der Waals surface area contributed by atoms with Gasteiger partial charge in [0.1, 0.15) is 0 Å². The summed E-state index contributed by atoms with van der Waals surface area (Å²) in [6.07, 6.45) is 0.138. The lowest BCUT2D eigenvalue weighted by Gasteiger charge is -2.12. The van der Waals surface area contributed by atoms with Crippen molar-refractivity contribution in [3.8, 4) is 11.8 Å². The van der Waals surface area contributed by atoms with Gasteiger partial charge in [0, 0.05) is 24.3 Å². The minimum absolute atomic E-state index is 0.0397. The second-order valence-electron chi connectivity index (χ2n) is 3.42. The van der Waals surface area contributed by atoms with Gasteiger partial charge in [-0.25, -0.2) is 0 Å². The molecule has 0 heterocycles. The highest BCUT2D eigenvalue weighted by Crippen LogP contribution is 2.34. The Morgan fingerprint density at radius 3 is 2.71 bits per heavy atom. The molecule has 0 radical (unpaired) electrons. The molecule has 0 saturated carbocycles. The average Bonchev–Trinajstić information content (AvgIpc) is 2.29. The molecule has 7 nitrogen and oxygen atoms in total. The Hall–Kier alpha value is -2.17.